The molecule has 1 atom stereocenters. The summed E-state index contributed by atoms with van der Waals surface area (Å²) < 4.78 is 2.31. The van der Waals surface area contributed by atoms with Gasteiger partial charge in [0.1, 0.15) is 11.6 Å². The van der Waals surface area contributed by atoms with Crippen LogP contribution >= 0.6 is 0 Å². The van der Waals surface area contributed by atoms with Crippen molar-refractivity contribution in [3.05, 3.63) is 11.6 Å². The van der Waals surface area contributed by atoms with Crippen LogP contribution in [0.25, 0.3) is 0 Å². The van der Waals surface area contributed by atoms with Crippen LogP contribution in [0.4, 0.5) is 0 Å². The maximum absolute atomic E-state index is 9.18. The van der Waals surface area contributed by atoms with Gasteiger partial charge in [-0.1, -0.05) is 12.8 Å². The van der Waals surface area contributed by atoms with E-state index >= 15 is 0 Å². The normalized spacial score (nSPS) is 25.9. The third-order valence-electron chi connectivity index (χ3n) is 4.07. The Labute approximate surface area is 95.7 Å². The van der Waals surface area contributed by atoms with E-state index in [1.54, 1.807) is 0 Å². The monoisotopic (exact) mass is 221 g/mol. The summed E-state index contributed by atoms with van der Waals surface area (Å²) in [7, 11) is 0. The van der Waals surface area contributed by atoms with Crippen LogP contribution in [0.3, 0.4) is 0 Å². The lowest BCUT2D eigenvalue weighted by molar-refractivity contribution is 0.198. The summed E-state index contributed by atoms with van der Waals surface area (Å²) in [5.74, 6) is 3.34. The van der Waals surface area contributed by atoms with Crippen molar-refractivity contribution < 1.29 is 5.11 Å². The van der Waals surface area contributed by atoms with E-state index in [2.05, 4.69) is 14.8 Å². The molecule has 1 fully saturated rings. The van der Waals surface area contributed by atoms with Gasteiger partial charge >= 0.3 is 0 Å². The Balaban J connectivity index is 1.84. The third-order valence-corrected chi connectivity index (χ3v) is 4.07. The summed E-state index contributed by atoms with van der Waals surface area (Å²) in [4.78, 5) is 0. The van der Waals surface area contributed by atoms with Gasteiger partial charge in [-0.25, -0.2) is 0 Å². The fourth-order valence-electron chi connectivity index (χ4n) is 3.06. The molecule has 0 bridgehead atoms. The Bertz CT molecular complexity index is 368. The van der Waals surface area contributed by atoms with Gasteiger partial charge in [-0.15, -0.1) is 10.2 Å². The molecule has 88 valence electrons. The van der Waals surface area contributed by atoms with E-state index in [4.69, 9.17) is 0 Å². The molecule has 1 aliphatic carbocycles. The standard InChI is InChI=1S/C12H19N3O/c16-8-9-5-6-15-11(7-9)13-14-12(15)10-3-1-2-4-10/h9-10,16H,1-8H2. The molecule has 3 rings (SSSR count). The average molecular weight is 221 g/mol. The molecule has 0 radical (unpaired) electrons. The largest absolute Gasteiger partial charge is 0.396 e. The first kappa shape index (κ1) is 10.3. The second-order valence-electron chi connectivity index (χ2n) is 5.15. The van der Waals surface area contributed by atoms with E-state index in [0.717, 1.165) is 25.2 Å². The Hall–Kier alpha value is -0.900. The van der Waals surface area contributed by atoms with Gasteiger partial charge in [0.25, 0.3) is 0 Å². The summed E-state index contributed by atoms with van der Waals surface area (Å²) in [6, 6.07) is 0. The average Bonchev–Trinajstić information content (AvgIpc) is 2.96. The minimum absolute atomic E-state index is 0.283. The van der Waals surface area contributed by atoms with Crippen LogP contribution in [0, 0.1) is 5.92 Å². The summed E-state index contributed by atoms with van der Waals surface area (Å²) >= 11 is 0. The van der Waals surface area contributed by atoms with E-state index in [9.17, 15) is 5.11 Å². The van der Waals surface area contributed by atoms with Crippen LogP contribution in [0.5, 0.6) is 0 Å². The van der Waals surface area contributed by atoms with Gasteiger partial charge in [-0.3, -0.25) is 0 Å². The van der Waals surface area contributed by atoms with Gasteiger partial charge in [0.2, 0.25) is 0 Å². The molecule has 0 amide bonds. The van der Waals surface area contributed by atoms with E-state index < -0.39 is 0 Å². The van der Waals surface area contributed by atoms with Crippen molar-refractivity contribution in [2.45, 2.75) is 51.0 Å². The molecule has 16 heavy (non-hydrogen) atoms. The SMILES string of the molecule is OCC1CCn2c(nnc2C2CCCC2)C1. The van der Waals surface area contributed by atoms with Crippen molar-refractivity contribution in [2.24, 2.45) is 5.92 Å². The van der Waals surface area contributed by atoms with Crippen molar-refractivity contribution in [3.63, 3.8) is 0 Å². The van der Waals surface area contributed by atoms with Crippen molar-refractivity contribution in [1.82, 2.24) is 14.8 Å². The van der Waals surface area contributed by atoms with Crippen molar-refractivity contribution >= 4 is 0 Å². The molecular weight excluding hydrogens is 202 g/mol. The molecule has 1 aromatic heterocycles. The number of hydrogen-bond acceptors (Lipinski definition) is 3. The van der Waals surface area contributed by atoms with E-state index in [1.165, 1.54) is 31.5 Å². The van der Waals surface area contributed by atoms with E-state index in [1.807, 2.05) is 0 Å². The zero-order valence-corrected chi connectivity index (χ0v) is 9.60. The first-order valence-corrected chi connectivity index (χ1v) is 6.41. The molecule has 2 aliphatic rings. The van der Waals surface area contributed by atoms with E-state index in [0.29, 0.717) is 11.8 Å². The maximum Gasteiger partial charge on any atom is 0.136 e. The zero-order valence-electron chi connectivity index (χ0n) is 9.60. The second-order valence-corrected chi connectivity index (χ2v) is 5.15. The maximum atomic E-state index is 9.18. The number of fused-ring (bicyclic) bond motifs is 1. The highest BCUT2D eigenvalue weighted by atomic mass is 16.3. The van der Waals surface area contributed by atoms with Gasteiger partial charge in [-0.05, 0) is 25.2 Å². The molecule has 4 heteroatoms. The Morgan fingerprint density at radius 1 is 1.19 bits per heavy atom. The molecule has 0 saturated heterocycles. The number of hydrogen-bond donors (Lipinski definition) is 1. The number of aromatic nitrogens is 3. The highest BCUT2D eigenvalue weighted by Crippen LogP contribution is 2.34. The first-order chi connectivity index (χ1) is 7.88. The quantitative estimate of drug-likeness (QED) is 0.823. The smallest absolute Gasteiger partial charge is 0.136 e. The number of aliphatic hydroxyl groups is 1. The van der Waals surface area contributed by atoms with Gasteiger partial charge in [0, 0.05) is 25.5 Å². The van der Waals surface area contributed by atoms with Crippen LogP contribution in [0.2, 0.25) is 0 Å². The molecule has 0 spiro atoms. The molecule has 2 heterocycles. The van der Waals surface area contributed by atoms with Crippen molar-refractivity contribution in [1.29, 1.82) is 0 Å². The Kier molecular flexibility index (Phi) is 2.67. The van der Waals surface area contributed by atoms with E-state index in [-0.39, 0.29) is 6.61 Å². The van der Waals surface area contributed by atoms with Gasteiger partial charge in [0.15, 0.2) is 0 Å². The predicted molar refractivity (Wildman–Crippen MR) is 60.1 cm³/mol. The molecule has 0 aromatic carbocycles. The first-order valence-electron chi connectivity index (χ1n) is 6.41. The molecule has 1 saturated carbocycles. The summed E-state index contributed by atoms with van der Waals surface area (Å²) in [5.41, 5.74) is 0. The predicted octanol–water partition coefficient (Wildman–Crippen LogP) is 1.49. The number of rotatable bonds is 2. The second kappa shape index (κ2) is 4.17. The van der Waals surface area contributed by atoms with Crippen LogP contribution in [-0.4, -0.2) is 26.5 Å². The Morgan fingerprint density at radius 2 is 2.00 bits per heavy atom. The van der Waals surface area contributed by atoms with Crippen molar-refractivity contribution in [3.8, 4) is 0 Å². The van der Waals surface area contributed by atoms with Crippen molar-refractivity contribution in [2.75, 3.05) is 6.61 Å². The Morgan fingerprint density at radius 3 is 2.75 bits per heavy atom. The molecule has 4 nitrogen and oxygen atoms in total. The fourth-order valence-corrected chi connectivity index (χ4v) is 3.06. The zero-order chi connectivity index (χ0) is 11.0. The molecule has 1 N–H and O–H groups in total. The minimum Gasteiger partial charge on any atom is -0.396 e. The van der Waals surface area contributed by atoms with Crippen LogP contribution in [-0.2, 0) is 13.0 Å². The summed E-state index contributed by atoms with van der Waals surface area (Å²) in [6.45, 7) is 1.28. The fraction of sp³-hybridized carbons (Fsp3) is 0.833. The van der Waals surface area contributed by atoms with Gasteiger partial charge < -0.3 is 9.67 Å². The summed E-state index contributed by atoms with van der Waals surface area (Å²) in [6.07, 6.45) is 7.21. The van der Waals surface area contributed by atoms with Gasteiger partial charge in [0.05, 0.1) is 0 Å². The van der Waals surface area contributed by atoms with Crippen LogP contribution < -0.4 is 0 Å². The lowest BCUT2D eigenvalue weighted by Gasteiger charge is -2.23. The molecule has 1 aliphatic heterocycles. The highest BCUT2D eigenvalue weighted by molar-refractivity contribution is 5.06. The highest BCUT2D eigenvalue weighted by Gasteiger charge is 2.27. The molecule has 1 unspecified atom stereocenters. The third kappa shape index (κ3) is 1.65. The lowest BCUT2D eigenvalue weighted by Crippen LogP contribution is -2.23. The van der Waals surface area contributed by atoms with Gasteiger partial charge in [-0.2, -0.15) is 0 Å². The number of nitrogens with zero attached hydrogens (tertiary/aromatic N) is 3. The van der Waals surface area contributed by atoms with Crippen LogP contribution in [0.15, 0.2) is 0 Å². The molecular formula is C12H19N3O. The number of aliphatic hydroxyl groups excluding tert-OH is 1. The minimum atomic E-state index is 0.283. The topological polar surface area (TPSA) is 50.9 Å². The summed E-state index contributed by atoms with van der Waals surface area (Å²) in [5, 5.41) is 17.9. The molecule has 1 aromatic rings. The van der Waals surface area contributed by atoms with Crippen LogP contribution in [0.1, 0.15) is 49.7 Å². The lowest BCUT2D eigenvalue weighted by atomic mass is 9.98.